The highest BCUT2D eigenvalue weighted by molar-refractivity contribution is 5.28. The van der Waals surface area contributed by atoms with Crippen LogP contribution in [0.5, 0.6) is 0 Å². The maximum Gasteiger partial charge on any atom is 0.0801 e. The summed E-state index contributed by atoms with van der Waals surface area (Å²) in [5.41, 5.74) is 5.18. The molecule has 0 aromatic heterocycles. The van der Waals surface area contributed by atoms with Gasteiger partial charge < -0.3 is 4.74 Å². The number of hydrogen-bond donors (Lipinski definition) is 0. The molecule has 0 aliphatic rings. The van der Waals surface area contributed by atoms with Crippen LogP contribution in [0, 0.1) is 13.8 Å². The zero-order valence-corrected chi connectivity index (χ0v) is 14.2. The molecule has 0 aliphatic heterocycles. The van der Waals surface area contributed by atoms with E-state index in [9.17, 15) is 0 Å². The summed E-state index contributed by atoms with van der Waals surface area (Å²) < 4.78 is 6.23. The lowest BCUT2D eigenvalue weighted by Crippen LogP contribution is -2.23. The molecule has 0 radical (unpaired) electrons. The minimum atomic E-state index is -0.0110. The number of benzene rings is 2. The predicted octanol–water partition coefficient (Wildman–Crippen LogP) is 5.21. The van der Waals surface area contributed by atoms with Gasteiger partial charge in [0.05, 0.1) is 12.2 Å². The van der Waals surface area contributed by atoms with Crippen LogP contribution in [0.4, 0.5) is 0 Å². The van der Waals surface area contributed by atoms with E-state index in [1.807, 2.05) is 12.2 Å². The lowest BCUT2D eigenvalue weighted by Gasteiger charge is -2.22. The van der Waals surface area contributed by atoms with Crippen LogP contribution in [0.3, 0.4) is 0 Å². The van der Waals surface area contributed by atoms with Gasteiger partial charge in [-0.1, -0.05) is 60.7 Å². The van der Waals surface area contributed by atoms with Gasteiger partial charge in [-0.25, -0.2) is 0 Å². The van der Waals surface area contributed by atoms with Gasteiger partial charge in [-0.15, -0.1) is 13.2 Å². The van der Waals surface area contributed by atoms with Crippen LogP contribution >= 0.6 is 0 Å². The fourth-order valence-electron chi connectivity index (χ4n) is 2.71. The molecule has 1 nitrogen and oxygen atoms in total. The molecule has 0 saturated heterocycles. The summed E-state index contributed by atoms with van der Waals surface area (Å²) in [6, 6.07) is 16.8. The molecule has 2 atom stereocenters. The van der Waals surface area contributed by atoms with Crippen molar-refractivity contribution in [3.05, 3.63) is 96.1 Å². The summed E-state index contributed by atoms with van der Waals surface area (Å²) in [6.45, 7) is 12.1. The monoisotopic (exact) mass is 306 g/mol. The van der Waals surface area contributed by atoms with Gasteiger partial charge in [0, 0.05) is 12.8 Å². The van der Waals surface area contributed by atoms with Gasteiger partial charge in [0.1, 0.15) is 0 Å². The number of rotatable bonds is 8. The molecule has 2 aromatic carbocycles. The molecular formula is C22H26O. The summed E-state index contributed by atoms with van der Waals surface area (Å²) in [5.74, 6) is 0. The van der Waals surface area contributed by atoms with E-state index in [2.05, 4.69) is 75.5 Å². The van der Waals surface area contributed by atoms with Crippen LogP contribution in [0.15, 0.2) is 73.8 Å². The second kappa shape index (κ2) is 8.50. The van der Waals surface area contributed by atoms with Crippen molar-refractivity contribution >= 4 is 0 Å². The number of aryl methyl sites for hydroxylation is 2. The molecule has 0 fully saturated rings. The van der Waals surface area contributed by atoms with Crippen molar-refractivity contribution in [2.75, 3.05) is 0 Å². The van der Waals surface area contributed by atoms with E-state index in [0.29, 0.717) is 0 Å². The standard InChI is InChI=1S/C22H26O/c1-5-21(15-19-13-9-7-11-17(19)3)23-22(6-2)16-20-14-10-8-12-18(20)4/h5-14,21-22H,1-2,15-16H2,3-4H3. The highest BCUT2D eigenvalue weighted by Gasteiger charge is 2.14. The quantitative estimate of drug-likeness (QED) is 0.608. The predicted molar refractivity (Wildman–Crippen MR) is 98.8 cm³/mol. The van der Waals surface area contributed by atoms with E-state index in [0.717, 1.165) is 12.8 Å². The Morgan fingerprint density at radius 1 is 0.783 bits per heavy atom. The lowest BCUT2D eigenvalue weighted by molar-refractivity contribution is 0.0423. The van der Waals surface area contributed by atoms with Gasteiger partial charge in [0.2, 0.25) is 0 Å². The van der Waals surface area contributed by atoms with Crippen LogP contribution < -0.4 is 0 Å². The van der Waals surface area contributed by atoms with Crippen LogP contribution in [0.25, 0.3) is 0 Å². The largest absolute Gasteiger partial charge is 0.366 e. The maximum atomic E-state index is 6.23. The highest BCUT2D eigenvalue weighted by atomic mass is 16.5. The van der Waals surface area contributed by atoms with E-state index >= 15 is 0 Å². The van der Waals surface area contributed by atoms with Gasteiger partial charge in [0.15, 0.2) is 0 Å². The van der Waals surface area contributed by atoms with Gasteiger partial charge in [0.25, 0.3) is 0 Å². The van der Waals surface area contributed by atoms with Crippen molar-refractivity contribution < 1.29 is 4.74 Å². The first-order valence-electron chi connectivity index (χ1n) is 8.13. The topological polar surface area (TPSA) is 9.23 Å². The average molecular weight is 306 g/mol. The third-order valence-electron chi connectivity index (χ3n) is 4.24. The molecule has 0 N–H and O–H groups in total. The molecule has 120 valence electrons. The molecular weight excluding hydrogens is 280 g/mol. The van der Waals surface area contributed by atoms with Crippen molar-refractivity contribution in [3.8, 4) is 0 Å². The fourth-order valence-corrected chi connectivity index (χ4v) is 2.71. The molecule has 0 aliphatic carbocycles. The van der Waals surface area contributed by atoms with E-state index in [4.69, 9.17) is 4.74 Å². The van der Waals surface area contributed by atoms with Gasteiger partial charge in [-0.05, 0) is 36.1 Å². The fraction of sp³-hybridized carbons (Fsp3) is 0.273. The van der Waals surface area contributed by atoms with Crippen molar-refractivity contribution in [3.63, 3.8) is 0 Å². The first-order valence-corrected chi connectivity index (χ1v) is 8.13. The molecule has 1 heteroatoms. The lowest BCUT2D eigenvalue weighted by atomic mass is 10.0. The third-order valence-corrected chi connectivity index (χ3v) is 4.24. The van der Waals surface area contributed by atoms with Crippen LogP contribution in [-0.4, -0.2) is 12.2 Å². The molecule has 2 unspecified atom stereocenters. The molecule has 0 amide bonds. The molecule has 23 heavy (non-hydrogen) atoms. The Morgan fingerprint density at radius 2 is 1.17 bits per heavy atom. The Balaban J connectivity index is 2.04. The Bertz CT molecular complexity index is 599. The Morgan fingerprint density at radius 3 is 1.52 bits per heavy atom. The first kappa shape index (κ1) is 17.2. The smallest absolute Gasteiger partial charge is 0.0801 e. The van der Waals surface area contributed by atoms with E-state index in [1.165, 1.54) is 22.3 Å². The SMILES string of the molecule is C=CC(Cc1ccccc1C)OC(C=C)Cc1ccccc1C. The zero-order valence-electron chi connectivity index (χ0n) is 14.2. The third kappa shape index (κ3) is 4.94. The molecule has 0 spiro atoms. The first-order chi connectivity index (χ1) is 11.1. The molecule has 0 bridgehead atoms. The van der Waals surface area contributed by atoms with Crippen LogP contribution in [0.1, 0.15) is 22.3 Å². The molecule has 2 aromatic rings. The van der Waals surface area contributed by atoms with Crippen molar-refractivity contribution in [2.45, 2.75) is 38.9 Å². The number of ether oxygens (including phenoxy) is 1. The van der Waals surface area contributed by atoms with Gasteiger partial charge in [-0.3, -0.25) is 0 Å². The minimum Gasteiger partial charge on any atom is -0.366 e. The molecule has 0 saturated carbocycles. The summed E-state index contributed by atoms with van der Waals surface area (Å²) in [5, 5.41) is 0. The molecule has 0 heterocycles. The van der Waals surface area contributed by atoms with Gasteiger partial charge >= 0.3 is 0 Å². The second-order valence-electron chi connectivity index (χ2n) is 5.95. The van der Waals surface area contributed by atoms with Gasteiger partial charge in [-0.2, -0.15) is 0 Å². The minimum absolute atomic E-state index is 0.0110. The normalized spacial score (nSPS) is 13.3. The van der Waals surface area contributed by atoms with Crippen molar-refractivity contribution in [2.24, 2.45) is 0 Å². The summed E-state index contributed by atoms with van der Waals surface area (Å²) in [7, 11) is 0. The Hall–Kier alpha value is -2.12. The Kier molecular flexibility index (Phi) is 6.37. The maximum absolute atomic E-state index is 6.23. The summed E-state index contributed by atoms with van der Waals surface area (Å²) >= 11 is 0. The molecule has 2 rings (SSSR count). The van der Waals surface area contributed by atoms with Crippen molar-refractivity contribution in [1.29, 1.82) is 0 Å². The van der Waals surface area contributed by atoms with E-state index in [1.54, 1.807) is 0 Å². The second-order valence-corrected chi connectivity index (χ2v) is 5.95. The number of hydrogen-bond acceptors (Lipinski definition) is 1. The van der Waals surface area contributed by atoms with E-state index < -0.39 is 0 Å². The van der Waals surface area contributed by atoms with Crippen LogP contribution in [-0.2, 0) is 17.6 Å². The average Bonchev–Trinajstić information content (AvgIpc) is 2.57. The van der Waals surface area contributed by atoms with Crippen molar-refractivity contribution in [1.82, 2.24) is 0 Å². The van der Waals surface area contributed by atoms with Crippen LogP contribution in [0.2, 0.25) is 0 Å². The van der Waals surface area contributed by atoms with E-state index in [-0.39, 0.29) is 12.2 Å². The summed E-state index contributed by atoms with van der Waals surface area (Å²) in [6.07, 6.45) is 5.44. The zero-order chi connectivity index (χ0) is 16.7. The Labute approximate surface area is 140 Å². The highest BCUT2D eigenvalue weighted by Crippen LogP contribution is 2.17. The summed E-state index contributed by atoms with van der Waals surface area (Å²) in [4.78, 5) is 0.